The molecule has 0 saturated heterocycles. The molecule has 0 aliphatic rings. The van der Waals surface area contributed by atoms with E-state index in [2.05, 4.69) is 20.2 Å². The van der Waals surface area contributed by atoms with Gasteiger partial charge in [-0.1, -0.05) is 13.0 Å². The maximum absolute atomic E-state index is 13.3. The van der Waals surface area contributed by atoms with Crippen molar-refractivity contribution < 1.29 is 4.39 Å². The van der Waals surface area contributed by atoms with Crippen molar-refractivity contribution in [1.82, 2.24) is 20.2 Å². The fraction of sp³-hybridized carbons (Fsp3) is 0.188. The number of fused-ring (bicyclic) bond motifs is 2. The number of H-pyrrole nitrogens is 1. The summed E-state index contributed by atoms with van der Waals surface area (Å²) in [7, 11) is 0. The highest BCUT2D eigenvalue weighted by Gasteiger charge is 2.06. The van der Waals surface area contributed by atoms with Crippen molar-refractivity contribution in [3.8, 4) is 0 Å². The van der Waals surface area contributed by atoms with Crippen LogP contribution in [0.25, 0.3) is 21.8 Å². The zero-order valence-corrected chi connectivity index (χ0v) is 11.7. The van der Waals surface area contributed by atoms with Gasteiger partial charge in [-0.25, -0.2) is 14.4 Å². The molecule has 0 spiro atoms. The summed E-state index contributed by atoms with van der Waals surface area (Å²) in [5.41, 5.74) is 2.69. The van der Waals surface area contributed by atoms with Crippen LogP contribution in [0.3, 0.4) is 0 Å². The lowest BCUT2D eigenvalue weighted by molar-refractivity contribution is 0.660. The van der Waals surface area contributed by atoms with E-state index in [1.54, 1.807) is 18.3 Å². The first kappa shape index (κ1) is 13.4. The number of hydrogen-bond acceptors (Lipinski definition) is 3. The molecule has 0 unspecified atom stereocenters. The third kappa shape index (κ3) is 2.81. The van der Waals surface area contributed by atoms with Crippen LogP contribution in [0.2, 0.25) is 0 Å². The first-order valence-corrected chi connectivity index (χ1v) is 6.87. The van der Waals surface area contributed by atoms with Crippen LogP contribution in [-0.4, -0.2) is 20.2 Å². The summed E-state index contributed by atoms with van der Waals surface area (Å²) < 4.78 is 13.3. The van der Waals surface area contributed by atoms with Crippen molar-refractivity contribution in [2.24, 2.45) is 0 Å². The number of benzene rings is 1. The molecule has 0 fully saturated rings. The van der Waals surface area contributed by atoms with E-state index < -0.39 is 0 Å². The van der Waals surface area contributed by atoms with Crippen molar-refractivity contribution in [3.63, 3.8) is 0 Å². The molecule has 21 heavy (non-hydrogen) atoms. The number of allylic oxidation sites excluding steroid dienone is 4. The topological polar surface area (TPSA) is 54.5 Å². The number of aromatic nitrogens is 4. The monoisotopic (exact) mass is 282 g/mol. The maximum Gasteiger partial charge on any atom is 0.118 e. The SMILES string of the molecule is CC/C=C(F)\C=C/Cc1[nH]nc2cc3cncnc3cc12. The molecule has 4 nitrogen and oxygen atoms in total. The molecule has 1 N–H and O–H groups in total. The van der Waals surface area contributed by atoms with Gasteiger partial charge in [-0.15, -0.1) is 0 Å². The molecule has 2 aromatic heterocycles. The van der Waals surface area contributed by atoms with Crippen molar-refractivity contribution in [1.29, 1.82) is 0 Å². The Bertz CT molecular complexity index is 833. The first-order chi connectivity index (χ1) is 10.3. The van der Waals surface area contributed by atoms with Gasteiger partial charge >= 0.3 is 0 Å². The van der Waals surface area contributed by atoms with Crippen molar-refractivity contribution in [2.75, 3.05) is 0 Å². The maximum atomic E-state index is 13.3. The van der Waals surface area contributed by atoms with Crippen LogP contribution in [0.4, 0.5) is 4.39 Å². The average Bonchev–Trinajstić information content (AvgIpc) is 2.87. The number of nitrogens with zero attached hydrogens (tertiary/aromatic N) is 3. The van der Waals surface area contributed by atoms with E-state index in [4.69, 9.17) is 0 Å². The fourth-order valence-corrected chi connectivity index (χ4v) is 2.25. The molecular formula is C16H15FN4. The zero-order chi connectivity index (χ0) is 14.7. The second kappa shape index (κ2) is 5.83. The molecule has 0 aliphatic heterocycles. The molecule has 0 bridgehead atoms. The van der Waals surface area contributed by atoms with Gasteiger partial charge in [0.15, 0.2) is 0 Å². The van der Waals surface area contributed by atoms with Crippen molar-refractivity contribution >= 4 is 21.8 Å². The molecule has 2 heterocycles. The minimum Gasteiger partial charge on any atom is -0.281 e. The molecular weight excluding hydrogens is 267 g/mol. The third-order valence-electron chi connectivity index (χ3n) is 3.26. The predicted octanol–water partition coefficient (Wildman–Crippen LogP) is 3.87. The molecule has 106 valence electrons. The summed E-state index contributed by atoms with van der Waals surface area (Å²) in [4.78, 5) is 8.25. The van der Waals surface area contributed by atoms with Gasteiger partial charge in [0.25, 0.3) is 0 Å². The van der Waals surface area contributed by atoms with Gasteiger partial charge in [0.2, 0.25) is 0 Å². The van der Waals surface area contributed by atoms with Gasteiger partial charge in [-0.3, -0.25) is 5.10 Å². The highest BCUT2D eigenvalue weighted by molar-refractivity contribution is 5.95. The third-order valence-corrected chi connectivity index (χ3v) is 3.26. The average molecular weight is 282 g/mol. The van der Waals surface area contributed by atoms with E-state index in [1.807, 2.05) is 19.1 Å². The Morgan fingerprint density at radius 1 is 1.33 bits per heavy atom. The Kier molecular flexibility index (Phi) is 3.73. The number of nitrogens with one attached hydrogen (secondary N) is 1. The minimum absolute atomic E-state index is 0.209. The van der Waals surface area contributed by atoms with E-state index in [1.165, 1.54) is 12.4 Å². The number of rotatable bonds is 4. The second-order valence-corrected chi connectivity index (χ2v) is 4.76. The summed E-state index contributed by atoms with van der Waals surface area (Å²) in [5.74, 6) is -0.209. The summed E-state index contributed by atoms with van der Waals surface area (Å²) in [5, 5.41) is 9.24. The van der Waals surface area contributed by atoms with E-state index in [0.29, 0.717) is 12.8 Å². The van der Waals surface area contributed by atoms with Crippen LogP contribution in [0, 0.1) is 0 Å². The molecule has 0 atom stereocenters. The number of aromatic amines is 1. The highest BCUT2D eigenvalue weighted by atomic mass is 19.1. The molecule has 3 rings (SSSR count). The molecule has 0 amide bonds. The highest BCUT2D eigenvalue weighted by Crippen LogP contribution is 2.22. The van der Waals surface area contributed by atoms with Crippen LogP contribution in [0.1, 0.15) is 19.0 Å². The van der Waals surface area contributed by atoms with E-state index in [-0.39, 0.29) is 5.83 Å². The second-order valence-electron chi connectivity index (χ2n) is 4.76. The first-order valence-electron chi connectivity index (χ1n) is 6.87. The summed E-state index contributed by atoms with van der Waals surface area (Å²) >= 11 is 0. The summed E-state index contributed by atoms with van der Waals surface area (Å²) in [6, 6.07) is 3.93. The van der Waals surface area contributed by atoms with Crippen molar-refractivity contribution in [2.45, 2.75) is 19.8 Å². The van der Waals surface area contributed by atoms with Crippen LogP contribution < -0.4 is 0 Å². The lowest BCUT2D eigenvalue weighted by Crippen LogP contribution is -1.84. The molecule has 1 aromatic carbocycles. The molecule has 0 radical (unpaired) electrons. The summed E-state index contributed by atoms with van der Waals surface area (Å²) in [6.07, 6.45) is 9.40. The molecule has 5 heteroatoms. The Hall–Kier alpha value is -2.56. The van der Waals surface area contributed by atoms with Gasteiger partial charge in [-0.05, 0) is 30.7 Å². The van der Waals surface area contributed by atoms with Gasteiger partial charge in [-0.2, -0.15) is 5.10 Å². The number of hydrogen-bond donors (Lipinski definition) is 1. The van der Waals surface area contributed by atoms with Crippen molar-refractivity contribution in [3.05, 3.63) is 54.4 Å². The van der Waals surface area contributed by atoms with Crippen LogP contribution in [0.15, 0.2) is 48.7 Å². The lowest BCUT2D eigenvalue weighted by Gasteiger charge is -1.97. The van der Waals surface area contributed by atoms with E-state index in [0.717, 1.165) is 27.5 Å². The quantitative estimate of drug-likeness (QED) is 0.739. The van der Waals surface area contributed by atoms with E-state index >= 15 is 0 Å². The van der Waals surface area contributed by atoms with Gasteiger partial charge in [0.05, 0.1) is 11.0 Å². The number of halogens is 1. The molecule has 0 aliphatic carbocycles. The predicted molar refractivity (Wildman–Crippen MR) is 81.5 cm³/mol. The Labute approximate surface area is 121 Å². The summed E-state index contributed by atoms with van der Waals surface area (Å²) in [6.45, 7) is 1.91. The standard InChI is InChI=1S/C16H15FN4/c1-2-4-12(17)5-3-6-14-13-8-15-11(9-18-10-19-15)7-16(13)21-20-14/h3-5,7-10H,2,6H2,1H3,(H,20,21)/b5-3-,12-4+. The van der Waals surface area contributed by atoms with Gasteiger partial charge < -0.3 is 0 Å². The van der Waals surface area contributed by atoms with Crippen LogP contribution in [-0.2, 0) is 6.42 Å². The Balaban J connectivity index is 1.93. The largest absolute Gasteiger partial charge is 0.281 e. The normalized spacial score (nSPS) is 12.8. The zero-order valence-electron chi connectivity index (χ0n) is 11.7. The van der Waals surface area contributed by atoms with Gasteiger partial charge in [0, 0.05) is 29.1 Å². The fourth-order valence-electron chi connectivity index (χ4n) is 2.25. The van der Waals surface area contributed by atoms with E-state index in [9.17, 15) is 4.39 Å². The Morgan fingerprint density at radius 3 is 3.10 bits per heavy atom. The van der Waals surface area contributed by atoms with Crippen LogP contribution in [0.5, 0.6) is 0 Å². The van der Waals surface area contributed by atoms with Gasteiger partial charge in [0.1, 0.15) is 12.2 Å². The molecule has 0 saturated carbocycles. The molecule has 3 aromatic rings. The Morgan fingerprint density at radius 2 is 2.24 bits per heavy atom. The van der Waals surface area contributed by atoms with Crippen LogP contribution >= 0.6 is 0 Å². The lowest BCUT2D eigenvalue weighted by atomic mass is 10.1. The smallest absolute Gasteiger partial charge is 0.118 e. The minimum atomic E-state index is -0.209.